The van der Waals surface area contributed by atoms with Gasteiger partial charge in [-0.3, -0.25) is 0 Å². The van der Waals surface area contributed by atoms with Crippen molar-refractivity contribution >= 4 is 12.6 Å². The quantitative estimate of drug-likeness (QED) is 0.776. The molecule has 0 amide bonds. The van der Waals surface area contributed by atoms with E-state index in [1.165, 1.54) is 0 Å². The van der Waals surface area contributed by atoms with Crippen LogP contribution in [0.25, 0.3) is 0 Å². The maximum Gasteiger partial charge on any atom is 0.492 e. The van der Waals surface area contributed by atoms with Gasteiger partial charge in [-0.1, -0.05) is 39.8 Å². The van der Waals surface area contributed by atoms with E-state index >= 15 is 0 Å². The van der Waals surface area contributed by atoms with Crippen molar-refractivity contribution in [3.05, 3.63) is 23.3 Å². The summed E-state index contributed by atoms with van der Waals surface area (Å²) in [5.41, 5.74) is 2.43. The summed E-state index contributed by atoms with van der Waals surface area (Å²) in [7, 11) is 0.0553. The Kier molecular flexibility index (Phi) is 4.23. The van der Waals surface area contributed by atoms with Gasteiger partial charge in [0.25, 0.3) is 0 Å². The number of aryl methyl sites for hydroxylation is 1. The SMILES string of the molecule is CCc1cc(B(O)O)c(OC)c(C(C)(C)C)c1. The van der Waals surface area contributed by atoms with E-state index in [2.05, 4.69) is 26.8 Å². The molecule has 0 bridgehead atoms. The Morgan fingerprint density at radius 2 is 1.82 bits per heavy atom. The van der Waals surface area contributed by atoms with Gasteiger partial charge in [-0.05, 0) is 23.0 Å². The van der Waals surface area contributed by atoms with Crippen molar-refractivity contribution in [3.8, 4) is 5.75 Å². The first kappa shape index (κ1) is 14.1. The first-order valence-corrected chi connectivity index (χ1v) is 5.88. The van der Waals surface area contributed by atoms with Crippen molar-refractivity contribution in [2.24, 2.45) is 0 Å². The van der Waals surface area contributed by atoms with Crippen molar-refractivity contribution in [2.75, 3.05) is 7.11 Å². The summed E-state index contributed by atoms with van der Waals surface area (Å²) in [6.45, 7) is 8.29. The third kappa shape index (κ3) is 3.02. The monoisotopic (exact) mass is 236 g/mol. The molecule has 0 aliphatic carbocycles. The molecule has 0 aliphatic rings. The maximum absolute atomic E-state index is 9.42. The van der Waals surface area contributed by atoms with Crippen molar-refractivity contribution in [1.29, 1.82) is 0 Å². The van der Waals surface area contributed by atoms with Gasteiger partial charge in [0.2, 0.25) is 0 Å². The third-order valence-electron chi connectivity index (χ3n) is 2.88. The molecule has 0 saturated carbocycles. The Morgan fingerprint density at radius 3 is 2.18 bits per heavy atom. The van der Waals surface area contributed by atoms with Crippen molar-refractivity contribution in [3.63, 3.8) is 0 Å². The highest BCUT2D eigenvalue weighted by Gasteiger charge is 2.26. The molecule has 2 N–H and O–H groups in total. The summed E-state index contributed by atoms with van der Waals surface area (Å²) in [6.07, 6.45) is 0.854. The fourth-order valence-corrected chi connectivity index (χ4v) is 1.89. The molecule has 0 fully saturated rings. The zero-order valence-electron chi connectivity index (χ0n) is 11.2. The summed E-state index contributed by atoms with van der Waals surface area (Å²) in [5, 5.41) is 18.8. The van der Waals surface area contributed by atoms with Gasteiger partial charge < -0.3 is 14.8 Å². The Hall–Kier alpha value is -0.995. The smallest absolute Gasteiger partial charge is 0.492 e. The largest absolute Gasteiger partial charge is 0.497 e. The van der Waals surface area contributed by atoms with Gasteiger partial charge in [0.1, 0.15) is 5.75 Å². The molecule has 1 aromatic carbocycles. The molecule has 17 heavy (non-hydrogen) atoms. The number of rotatable bonds is 3. The number of methoxy groups -OCH3 is 1. The average molecular weight is 236 g/mol. The van der Waals surface area contributed by atoms with Crippen molar-refractivity contribution in [1.82, 2.24) is 0 Å². The fraction of sp³-hybridized carbons (Fsp3) is 0.538. The van der Waals surface area contributed by atoms with E-state index in [1.807, 2.05) is 6.92 Å². The van der Waals surface area contributed by atoms with Crippen LogP contribution in [-0.4, -0.2) is 24.3 Å². The van der Waals surface area contributed by atoms with E-state index < -0.39 is 7.12 Å². The van der Waals surface area contributed by atoms with E-state index in [4.69, 9.17) is 4.74 Å². The van der Waals surface area contributed by atoms with Crippen molar-refractivity contribution in [2.45, 2.75) is 39.5 Å². The number of ether oxygens (including phenoxy) is 1. The molecule has 0 aliphatic heterocycles. The second-order valence-corrected chi connectivity index (χ2v) is 5.24. The van der Waals surface area contributed by atoms with Crippen LogP contribution in [0.5, 0.6) is 5.75 Å². The van der Waals surface area contributed by atoms with Gasteiger partial charge in [0, 0.05) is 5.46 Å². The van der Waals surface area contributed by atoms with Crippen molar-refractivity contribution < 1.29 is 14.8 Å². The van der Waals surface area contributed by atoms with Crippen LogP contribution in [-0.2, 0) is 11.8 Å². The number of hydrogen-bond donors (Lipinski definition) is 2. The fourth-order valence-electron chi connectivity index (χ4n) is 1.89. The highest BCUT2D eigenvalue weighted by atomic mass is 16.5. The number of hydrogen-bond acceptors (Lipinski definition) is 3. The van der Waals surface area contributed by atoms with Crippen LogP contribution in [0.1, 0.15) is 38.8 Å². The predicted molar refractivity (Wildman–Crippen MR) is 70.9 cm³/mol. The lowest BCUT2D eigenvalue weighted by Gasteiger charge is -2.25. The van der Waals surface area contributed by atoms with Gasteiger partial charge in [0.05, 0.1) is 7.11 Å². The highest BCUT2D eigenvalue weighted by Crippen LogP contribution is 2.31. The van der Waals surface area contributed by atoms with E-state index in [0.717, 1.165) is 17.5 Å². The molecule has 1 aromatic rings. The summed E-state index contributed by atoms with van der Waals surface area (Å²) in [5.74, 6) is 0.574. The Labute approximate surface area is 104 Å². The zero-order valence-corrected chi connectivity index (χ0v) is 11.2. The van der Waals surface area contributed by atoms with E-state index in [-0.39, 0.29) is 5.41 Å². The lowest BCUT2D eigenvalue weighted by Crippen LogP contribution is -2.33. The molecule has 0 saturated heterocycles. The average Bonchev–Trinajstić information content (AvgIpc) is 2.25. The van der Waals surface area contributed by atoms with E-state index in [9.17, 15) is 10.0 Å². The van der Waals surface area contributed by atoms with Crippen LogP contribution in [0.15, 0.2) is 12.1 Å². The summed E-state index contributed by atoms with van der Waals surface area (Å²) in [6, 6.07) is 3.86. The van der Waals surface area contributed by atoms with Gasteiger partial charge in [-0.15, -0.1) is 0 Å². The zero-order chi connectivity index (χ0) is 13.2. The van der Waals surface area contributed by atoms with E-state index in [0.29, 0.717) is 11.2 Å². The van der Waals surface area contributed by atoms with Crippen LogP contribution in [0.3, 0.4) is 0 Å². The van der Waals surface area contributed by atoms with Gasteiger partial charge >= 0.3 is 7.12 Å². The minimum Gasteiger partial charge on any atom is -0.497 e. The molecule has 3 nitrogen and oxygen atoms in total. The molecule has 0 unspecified atom stereocenters. The first-order valence-electron chi connectivity index (χ1n) is 5.88. The van der Waals surface area contributed by atoms with Crippen LogP contribution in [0, 0.1) is 0 Å². The molecular formula is C13H21BO3. The summed E-state index contributed by atoms with van der Waals surface area (Å²) >= 11 is 0. The normalized spacial score (nSPS) is 11.5. The van der Waals surface area contributed by atoms with Crippen LogP contribution >= 0.6 is 0 Å². The van der Waals surface area contributed by atoms with Gasteiger partial charge in [-0.25, -0.2) is 0 Å². The van der Waals surface area contributed by atoms with Gasteiger partial charge in [0.15, 0.2) is 0 Å². The van der Waals surface area contributed by atoms with E-state index in [1.54, 1.807) is 13.2 Å². The Morgan fingerprint density at radius 1 is 1.24 bits per heavy atom. The second-order valence-electron chi connectivity index (χ2n) is 5.24. The first-order chi connectivity index (χ1) is 7.81. The summed E-state index contributed by atoms with van der Waals surface area (Å²) < 4.78 is 5.34. The van der Waals surface area contributed by atoms with Crippen LogP contribution < -0.4 is 10.2 Å². The third-order valence-corrected chi connectivity index (χ3v) is 2.88. The summed E-state index contributed by atoms with van der Waals surface area (Å²) in [4.78, 5) is 0. The molecule has 1 rings (SSSR count). The molecule has 0 heterocycles. The topological polar surface area (TPSA) is 49.7 Å². The molecule has 0 aromatic heterocycles. The standard InChI is InChI=1S/C13H21BO3/c1-6-9-7-10(13(2,3)4)12(17-5)11(8-9)14(15)16/h7-8,15-16H,6H2,1-5H3. The molecular weight excluding hydrogens is 215 g/mol. The lowest BCUT2D eigenvalue weighted by molar-refractivity contribution is 0.391. The maximum atomic E-state index is 9.42. The minimum absolute atomic E-state index is 0.0971. The molecule has 0 radical (unpaired) electrons. The highest BCUT2D eigenvalue weighted by molar-refractivity contribution is 6.59. The van der Waals surface area contributed by atoms with Gasteiger partial charge in [-0.2, -0.15) is 0 Å². The molecule has 94 valence electrons. The molecule has 0 atom stereocenters. The number of benzene rings is 1. The van der Waals surface area contributed by atoms with Crippen LogP contribution in [0.2, 0.25) is 0 Å². The minimum atomic E-state index is -1.50. The molecule has 0 spiro atoms. The predicted octanol–water partition coefficient (Wildman–Crippen LogP) is 1.23. The Balaban J connectivity index is 3.51. The van der Waals surface area contributed by atoms with Crippen LogP contribution in [0.4, 0.5) is 0 Å². The lowest BCUT2D eigenvalue weighted by atomic mass is 9.73. The second kappa shape index (κ2) is 5.11. The Bertz CT molecular complexity index is 394. The molecule has 4 heteroatoms.